The van der Waals surface area contributed by atoms with Gasteiger partial charge in [-0.25, -0.2) is 13.2 Å². The van der Waals surface area contributed by atoms with Crippen molar-refractivity contribution >= 4 is 16.0 Å². The van der Waals surface area contributed by atoms with Crippen molar-refractivity contribution in [3.8, 4) is 0 Å². The van der Waals surface area contributed by atoms with E-state index in [4.69, 9.17) is 14.6 Å². The van der Waals surface area contributed by atoms with Crippen molar-refractivity contribution in [3.05, 3.63) is 17.6 Å². The molecule has 0 atom stereocenters. The predicted octanol–water partition coefficient (Wildman–Crippen LogP) is 0.679. The minimum atomic E-state index is -3.80. The average molecular weight is 291 g/mol. The molecule has 0 aliphatic heterocycles. The molecule has 0 bridgehead atoms. The zero-order valence-corrected chi connectivity index (χ0v) is 11.6. The first kappa shape index (κ1) is 15.7. The first-order valence-electron chi connectivity index (χ1n) is 5.79. The Kier molecular flexibility index (Phi) is 5.10. The third kappa shape index (κ3) is 3.34. The van der Waals surface area contributed by atoms with Crippen molar-refractivity contribution in [2.75, 3.05) is 19.7 Å². The number of carbonyl (C=O) groups is 1. The summed E-state index contributed by atoms with van der Waals surface area (Å²) < 4.78 is 30.7. The third-order valence-electron chi connectivity index (χ3n) is 2.62. The number of aryl methyl sites for hydroxylation is 1. The number of aromatic carboxylic acids is 1. The summed E-state index contributed by atoms with van der Waals surface area (Å²) in [5.41, 5.74) is 0. The number of aliphatic hydroxyl groups is 1. The van der Waals surface area contributed by atoms with Crippen LogP contribution >= 0.6 is 0 Å². The summed E-state index contributed by atoms with van der Waals surface area (Å²) in [6, 6.07) is 1.01. The number of nitrogens with zero attached hydrogens (tertiary/aromatic N) is 1. The average Bonchev–Trinajstić information content (AvgIpc) is 2.73. The summed E-state index contributed by atoms with van der Waals surface area (Å²) in [5.74, 6) is -1.68. The van der Waals surface area contributed by atoms with Crippen molar-refractivity contribution in [1.82, 2.24) is 4.31 Å². The molecule has 19 heavy (non-hydrogen) atoms. The second kappa shape index (κ2) is 6.18. The Morgan fingerprint density at radius 1 is 1.47 bits per heavy atom. The number of hydrogen-bond donors (Lipinski definition) is 2. The minimum Gasteiger partial charge on any atom is -0.475 e. The van der Waals surface area contributed by atoms with Crippen LogP contribution in [0.4, 0.5) is 0 Å². The molecule has 0 aliphatic carbocycles. The Labute approximate surface area is 111 Å². The number of hydrogen-bond acceptors (Lipinski definition) is 5. The Morgan fingerprint density at radius 2 is 2.11 bits per heavy atom. The number of aliphatic hydroxyl groups excluding tert-OH is 1. The van der Waals surface area contributed by atoms with Gasteiger partial charge in [0.2, 0.25) is 15.8 Å². The van der Waals surface area contributed by atoms with Gasteiger partial charge < -0.3 is 14.6 Å². The molecule has 1 aromatic rings. The lowest BCUT2D eigenvalue weighted by atomic mass is 10.4. The van der Waals surface area contributed by atoms with Crippen LogP contribution in [0, 0.1) is 6.92 Å². The van der Waals surface area contributed by atoms with E-state index in [0.29, 0.717) is 6.42 Å². The fourth-order valence-electron chi connectivity index (χ4n) is 1.66. The first-order chi connectivity index (χ1) is 8.84. The number of carboxylic acid groups (broad SMARTS) is 1. The van der Waals surface area contributed by atoms with E-state index in [0.717, 1.165) is 6.07 Å². The van der Waals surface area contributed by atoms with E-state index < -0.39 is 21.8 Å². The summed E-state index contributed by atoms with van der Waals surface area (Å²) in [7, 11) is -3.80. The van der Waals surface area contributed by atoms with Gasteiger partial charge in [0.15, 0.2) is 0 Å². The molecule has 0 spiro atoms. The van der Waals surface area contributed by atoms with Crippen molar-refractivity contribution in [3.63, 3.8) is 0 Å². The number of rotatable bonds is 7. The highest BCUT2D eigenvalue weighted by atomic mass is 32.2. The molecule has 0 aromatic carbocycles. The third-order valence-corrected chi connectivity index (χ3v) is 4.70. The molecule has 8 heteroatoms. The molecule has 0 saturated carbocycles. The lowest BCUT2D eigenvalue weighted by molar-refractivity contribution is 0.0661. The molecule has 0 radical (unpaired) electrons. The van der Waals surface area contributed by atoms with Gasteiger partial charge in [-0.1, -0.05) is 6.92 Å². The first-order valence-corrected chi connectivity index (χ1v) is 7.23. The monoisotopic (exact) mass is 291 g/mol. The van der Waals surface area contributed by atoms with Crippen LogP contribution in [0.1, 0.15) is 29.7 Å². The van der Waals surface area contributed by atoms with Gasteiger partial charge in [-0.15, -0.1) is 0 Å². The van der Waals surface area contributed by atoms with Gasteiger partial charge in [0, 0.05) is 25.8 Å². The van der Waals surface area contributed by atoms with E-state index >= 15 is 0 Å². The van der Waals surface area contributed by atoms with E-state index in [1.165, 1.54) is 11.2 Å². The van der Waals surface area contributed by atoms with Gasteiger partial charge >= 0.3 is 5.97 Å². The summed E-state index contributed by atoms with van der Waals surface area (Å²) >= 11 is 0. The van der Waals surface area contributed by atoms with Crippen molar-refractivity contribution in [2.24, 2.45) is 0 Å². The maximum absolute atomic E-state index is 12.3. The van der Waals surface area contributed by atoms with Gasteiger partial charge in [0.05, 0.1) is 0 Å². The summed E-state index contributed by atoms with van der Waals surface area (Å²) in [6.45, 7) is 3.36. The smallest absolute Gasteiger partial charge is 0.371 e. The van der Waals surface area contributed by atoms with Gasteiger partial charge in [0.25, 0.3) is 0 Å². The number of sulfonamides is 1. The normalized spacial score (nSPS) is 12.0. The molecular weight excluding hydrogens is 274 g/mol. The molecule has 0 fully saturated rings. The molecule has 1 aromatic heterocycles. The van der Waals surface area contributed by atoms with Crippen LogP contribution in [0.3, 0.4) is 0 Å². The van der Waals surface area contributed by atoms with E-state index in [1.807, 2.05) is 0 Å². The lowest BCUT2D eigenvalue weighted by Gasteiger charge is -2.19. The van der Waals surface area contributed by atoms with Crippen molar-refractivity contribution < 1.29 is 27.8 Å². The van der Waals surface area contributed by atoms with Crippen molar-refractivity contribution in [2.45, 2.75) is 25.2 Å². The van der Waals surface area contributed by atoms with Gasteiger partial charge in [-0.3, -0.25) is 0 Å². The Morgan fingerprint density at radius 3 is 2.53 bits per heavy atom. The molecule has 0 saturated heterocycles. The molecule has 108 valence electrons. The zero-order valence-electron chi connectivity index (χ0n) is 10.8. The maximum Gasteiger partial charge on any atom is 0.371 e. The van der Waals surface area contributed by atoms with Crippen molar-refractivity contribution in [1.29, 1.82) is 0 Å². The van der Waals surface area contributed by atoms with Crippen LogP contribution < -0.4 is 0 Å². The Hall–Kier alpha value is -1.38. The van der Waals surface area contributed by atoms with Crippen LogP contribution in [-0.4, -0.2) is 48.6 Å². The van der Waals surface area contributed by atoms with Crippen LogP contribution in [0.25, 0.3) is 0 Å². The predicted molar refractivity (Wildman–Crippen MR) is 66.5 cm³/mol. The standard InChI is InChI=1S/C11H17NO6S/c1-3-12(5-4-6-13)19(16,17)10-7-9(11(14)15)18-8(10)2/h7,13H,3-6H2,1-2H3,(H,14,15). The summed E-state index contributed by atoms with van der Waals surface area (Å²) in [5, 5.41) is 17.6. The van der Waals surface area contributed by atoms with Crippen LogP contribution in [-0.2, 0) is 10.0 Å². The highest BCUT2D eigenvalue weighted by Crippen LogP contribution is 2.23. The Balaban J connectivity index is 3.14. The molecule has 1 heterocycles. The number of furan rings is 1. The fourth-order valence-corrected chi connectivity index (χ4v) is 3.31. The van der Waals surface area contributed by atoms with Gasteiger partial charge in [-0.05, 0) is 13.3 Å². The second-order valence-corrected chi connectivity index (χ2v) is 5.82. The molecule has 0 amide bonds. The van der Waals surface area contributed by atoms with E-state index in [2.05, 4.69) is 0 Å². The van der Waals surface area contributed by atoms with Gasteiger partial charge in [0.1, 0.15) is 10.7 Å². The zero-order chi connectivity index (χ0) is 14.6. The van der Waals surface area contributed by atoms with Crippen LogP contribution in [0.5, 0.6) is 0 Å². The van der Waals surface area contributed by atoms with Crippen LogP contribution in [0.2, 0.25) is 0 Å². The molecular formula is C11H17NO6S. The molecule has 7 nitrogen and oxygen atoms in total. The largest absolute Gasteiger partial charge is 0.475 e. The topological polar surface area (TPSA) is 108 Å². The summed E-state index contributed by atoms with van der Waals surface area (Å²) in [4.78, 5) is 10.6. The second-order valence-electron chi connectivity index (χ2n) is 3.91. The summed E-state index contributed by atoms with van der Waals surface area (Å²) in [6.07, 6.45) is 0.315. The molecule has 1 rings (SSSR count). The minimum absolute atomic E-state index is 0.0415. The van der Waals surface area contributed by atoms with Crippen LogP contribution in [0.15, 0.2) is 15.4 Å². The molecule has 0 unspecified atom stereocenters. The van der Waals surface area contributed by atoms with Gasteiger partial charge in [-0.2, -0.15) is 4.31 Å². The van der Waals surface area contributed by atoms with E-state index in [-0.39, 0.29) is 30.4 Å². The van der Waals surface area contributed by atoms with E-state index in [9.17, 15) is 13.2 Å². The maximum atomic E-state index is 12.3. The Bertz CT molecular complexity index is 548. The van der Waals surface area contributed by atoms with E-state index in [1.54, 1.807) is 6.92 Å². The lowest BCUT2D eigenvalue weighted by Crippen LogP contribution is -2.32. The molecule has 2 N–H and O–H groups in total. The number of carboxylic acids is 1. The molecule has 0 aliphatic rings. The highest BCUT2D eigenvalue weighted by Gasteiger charge is 2.28. The highest BCUT2D eigenvalue weighted by molar-refractivity contribution is 7.89. The quantitative estimate of drug-likeness (QED) is 0.764. The SMILES string of the molecule is CCN(CCCO)S(=O)(=O)c1cc(C(=O)O)oc1C. The fraction of sp³-hybridized carbons (Fsp3) is 0.545.